The van der Waals surface area contributed by atoms with Gasteiger partial charge in [0.15, 0.2) is 0 Å². The molecule has 4 aliphatic heterocycles. The highest BCUT2D eigenvalue weighted by atomic mass is 16.5. The monoisotopic (exact) mass is 776 g/mol. The summed E-state index contributed by atoms with van der Waals surface area (Å²) in [6.45, 7) is 12.3. The second kappa shape index (κ2) is 19.8. The molecule has 5 amide bonds. The van der Waals surface area contributed by atoms with Crippen molar-refractivity contribution in [3.8, 4) is 5.75 Å². The summed E-state index contributed by atoms with van der Waals surface area (Å²) in [5.41, 5.74) is 4.86. The van der Waals surface area contributed by atoms with Crippen LogP contribution in [-0.2, 0) is 36.7 Å². The molecule has 0 aromatic heterocycles. The largest absolute Gasteiger partial charge is 0.507 e. The highest BCUT2D eigenvalue weighted by Gasteiger charge is 2.33. The van der Waals surface area contributed by atoms with Gasteiger partial charge in [-0.3, -0.25) is 19.3 Å². The number of rotatable bonds is 8. The van der Waals surface area contributed by atoms with Crippen LogP contribution in [0.15, 0.2) is 36.4 Å². The highest BCUT2D eigenvalue weighted by molar-refractivity contribution is 5.91. The highest BCUT2D eigenvalue weighted by Crippen LogP contribution is 2.27. The van der Waals surface area contributed by atoms with Crippen molar-refractivity contribution < 1.29 is 38.6 Å². The first-order valence-corrected chi connectivity index (χ1v) is 20.0. The zero-order valence-electron chi connectivity index (χ0n) is 33.8. The number of carbonyl (C=O) groups excluding carboxylic acids is 5. The van der Waals surface area contributed by atoms with Crippen LogP contribution in [0.2, 0.25) is 0 Å². The fourth-order valence-electron chi connectivity index (χ4n) is 8.40. The Morgan fingerprint density at radius 2 is 1.39 bits per heavy atom. The Labute approximate surface area is 331 Å². The minimum atomic E-state index is -0.351. The van der Waals surface area contributed by atoms with E-state index < -0.39 is 0 Å². The van der Waals surface area contributed by atoms with Gasteiger partial charge in [0, 0.05) is 89.0 Å². The SMILES string of the molecule is COC(=O)CCC(=O)N1CCN(C2CCN(C(=O)[C@H](C)Cc3cc(C)c(O)c(C)c3)CC2)CC1.COC(=O)N1CCC(N2CCc3ccccc3NC2=O)CC1. The van der Waals surface area contributed by atoms with Crippen molar-refractivity contribution in [3.63, 3.8) is 0 Å². The lowest BCUT2D eigenvalue weighted by Gasteiger charge is -2.43. The average Bonchev–Trinajstić information content (AvgIpc) is 3.39. The van der Waals surface area contributed by atoms with Crippen LogP contribution in [-0.4, -0.2) is 145 Å². The summed E-state index contributed by atoms with van der Waals surface area (Å²) in [4.78, 5) is 70.5. The molecule has 2 aromatic rings. The lowest BCUT2D eigenvalue weighted by Crippen LogP contribution is -2.55. The molecule has 14 nitrogen and oxygen atoms in total. The first-order chi connectivity index (χ1) is 26.9. The topological polar surface area (TPSA) is 152 Å². The third kappa shape index (κ3) is 10.9. The number of hydrogen-bond donors (Lipinski definition) is 2. The van der Waals surface area contributed by atoms with E-state index >= 15 is 0 Å². The van der Waals surface area contributed by atoms with Gasteiger partial charge in [0.25, 0.3) is 0 Å². The standard InChI is InChI=1S/C26H39N3O5.C16H21N3O3/c1-18-15-21(16-19(2)25(18)32)17-20(3)26(33)29-9-7-22(8-10-29)27-11-13-28(14-12-27)23(30)5-6-24(31)34-4;1-22-16(21)18-9-7-13(8-10-18)19-11-6-12-4-2-3-5-14(12)17-15(19)20/h15-16,20,22,32H,5-14,17H2,1-4H3;2-5,13H,6-11H2,1H3,(H,17,20)/t20-;/m1./s1. The summed E-state index contributed by atoms with van der Waals surface area (Å²) < 4.78 is 9.36. The van der Waals surface area contributed by atoms with Crippen molar-refractivity contribution in [2.45, 2.75) is 84.2 Å². The first kappa shape index (κ1) is 42.3. The molecule has 3 fully saturated rings. The number of amides is 5. The van der Waals surface area contributed by atoms with Crippen molar-refractivity contribution in [1.29, 1.82) is 0 Å². The van der Waals surface area contributed by atoms with Crippen LogP contribution in [0.4, 0.5) is 15.3 Å². The summed E-state index contributed by atoms with van der Waals surface area (Å²) in [6.07, 6.45) is 5.06. The van der Waals surface area contributed by atoms with Gasteiger partial charge in [0.2, 0.25) is 11.8 Å². The number of nitrogens with one attached hydrogen (secondary N) is 1. The van der Waals surface area contributed by atoms with Crippen LogP contribution in [0.5, 0.6) is 5.75 Å². The molecule has 0 bridgehead atoms. The van der Waals surface area contributed by atoms with Gasteiger partial charge in [-0.15, -0.1) is 0 Å². The number of phenols is 1. The quantitative estimate of drug-likeness (QED) is 0.367. The Morgan fingerprint density at radius 3 is 2.02 bits per heavy atom. The normalized spacial score (nSPS) is 18.8. The number of aromatic hydroxyl groups is 1. The molecular formula is C42H60N6O8. The van der Waals surface area contributed by atoms with E-state index in [0.29, 0.717) is 50.9 Å². The molecule has 2 N–H and O–H groups in total. The van der Waals surface area contributed by atoms with E-state index in [0.717, 1.165) is 80.7 Å². The number of para-hydroxylation sites is 1. The van der Waals surface area contributed by atoms with E-state index in [1.807, 2.05) is 65.8 Å². The Balaban J connectivity index is 0.000000234. The summed E-state index contributed by atoms with van der Waals surface area (Å²) >= 11 is 0. The molecule has 4 aliphatic rings. The molecule has 3 saturated heterocycles. The molecule has 2 aromatic carbocycles. The van der Waals surface area contributed by atoms with Crippen LogP contribution < -0.4 is 5.32 Å². The van der Waals surface area contributed by atoms with Crippen molar-refractivity contribution >= 4 is 35.6 Å². The number of aryl methyl sites for hydroxylation is 2. The minimum absolute atomic E-state index is 0.0125. The van der Waals surface area contributed by atoms with Gasteiger partial charge in [-0.25, -0.2) is 9.59 Å². The van der Waals surface area contributed by atoms with Gasteiger partial charge < -0.3 is 39.5 Å². The molecule has 0 aliphatic carbocycles. The number of methoxy groups -OCH3 is 2. The van der Waals surface area contributed by atoms with Gasteiger partial charge in [-0.05, 0) is 80.7 Å². The maximum absolute atomic E-state index is 13.1. The Bertz CT molecular complexity index is 1670. The van der Waals surface area contributed by atoms with Crippen LogP contribution in [0.3, 0.4) is 0 Å². The number of nitrogens with zero attached hydrogens (tertiary/aromatic N) is 5. The van der Waals surface area contributed by atoms with E-state index in [1.54, 1.807) is 4.90 Å². The van der Waals surface area contributed by atoms with E-state index in [4.69, 9.17) is 4.74 Å². The average molecular weight is 777 g/mol. The summed E-state index contributed by atoms with van der Waals surface area (Å²) in [5.74, 6) is 0.0906. The predicted molar refractivity (Wildman–Crippen MR) is 212 cm³/mol. The molecular weight excluding hydrogens is 716 g/mol. The summed E-state index contributed by atoms with van der Waals surface area (Å²) in [6, 6.07) is 12.4. The smallest absolute Gasteiger partial charge is 0.409 e. The minimum Gasteiger partial charge on any atom is -0.507 e. The molecule has 1 atom stereocenters. The zero-order valence-corrected chi connectivity index (χ0v) is 33.8. The van der Waals surface area contributed by atoms with Crippen molar-refractivity contribution in [3.05, 3.63) is 58.7 Å². The zero-order chi connectivity index (χ0) is 40.4. The second-order valence-corrected chi connectivity index (χ2v) is 15.5. The molecule has 0 radical (unpaired) electrons. The van der Waals surface area contributed by atoms with Crippen LogP contribution in [0.1, 0.15) is 67.7 Å². The number of piperazine rings is 1. The van der Waals surface area contributed by atoms with Crippen molar-refractivity contribution in [1.82, 2.24) is 24.5 Å². The third-order valence-corrected chi connectivity index (χ3v) is 11.7. The van der Waals surface area contributed by atoms with Gasteiger partial charge >= 0.3 is 18.1 Å². The Morgan fingerprint density at radius 1 is 0.786 bits per heavy atom. The molecule has 0 spiro atoms. The molecule has 4 heterocycles. The number of anilines is 1. The van der Waals surface area contributed by atoms with E-state index in [-0.39, 0.29) is 54.7 Å². The van der Waals surface area contributed by atoms with Crippen LogP contribution in [0.25, 0.3) is 0 Å². The lowest BCUT2D eigenvalue weighted by atomic mass is 9.95. The second-order valence-electron chi connectivity index (χ2n) is 15.5. The number of benzene rings is 2. The number of piperidine rings is 2. The maximum Gasteiger partial charge on any atom is 0.409 e. The summed E-state index contributed by atoms with van der Waals surface area (Å²) in [5, 5.41) is 13.0. The van der Waals surface area contributed by atoms with E-state index in [2.05, 4.69) is 21.0 Å². The number of ether oxygens (including phenoxy) is 2. The predicted octanol–water partition coefficient (Wildman–Crippen LogP) is 4.58. The number of hydrogen-bond acceptors (Lipinski definition) is 9. The van der Waals surface area contributed by atoms with Crippen LogP contribution in [0, 0.1) is 19.8 Å². The number of esters is 1. The maximum atomic E-state index is 13.1. The van der Waals surface area contributed by atoms with Crippen LogP contribution >= 0.6 is 0 Å². The number of urea groups is 1. The van der Waals surface area contributed by atoms with Crippen molar-refractivity contribution in [2.24, 2.45) is 5.92 Å². The fourth-order valence-corrected chi connectivity index (χ4v) is 8.40. The number of carbonyl (C=O) groups is 5. The van der Waals surface area contributed by atoms with E-state index in [1.165, 1.54) is 19.8 Å². The molecule has 14 heteroatoms. The summed E-state index contributed by atoms with van der Waals surface area (Å²) in [7, 11) is 2.73. The van der Waals surface area contributed by atoms with E-state index in [9.17, 15) is 29.1 Å². The Kier molecular flexibility index (Phi) is 15.0. The third-order valence-electron chi connectivity index (χ3n) is 11.7. The number of fused-ring (bicyclic) bond motifs is 1. The Hall–Kier alpha value is -4.85. The molecule has 306 valence electrons. The number of likely N-dealkylation sites (tertiary alicyclic amines) is 2. The molecule has 0 saturated carbocycles. The van der Waals surface area contributed by atoms with Gasteiger partial charge in [0.1, 0.15) is 5.75 Å². The fraction of sp³-hybridized carbons (Fsp3) is 0.595. The molecule has 56 heavy (non-hydrogen) atoms. The number of phenolic OH excluding ortho intramolecular Hbond substituents is 1. The van der Waals surface area contributed by atoms with Gasteiger partial charge in [-0.1, -0.05) is 37.3 Å². The molecule has 6 rings (SSSR count). The van der Waals surface area contributed by atoms with Gasteiger partial charge in [-0.2, -0.15) is 0 Å². The first-order valence-electron chi connectivity index (χ1n) is 20.0. The molecule has 0 unspecified atom stereocenters. The van der Waals surface area contributed by atoms with Crippen molar-refractivity contribution in [2.75, 3.05) is 78.4 Å². The van der Waals surface area contributed by atoms with Gasteiger partial charge in [0.05, 0.1) is 20.6 Å². The lowest BCUT2D eigenvalue weighted by molar-refractivity contribution is -0.144.